The minimum absolute atomic E-state index is 0.269. The molecule has 6 rings (SSSR count). The van der Waals surface area contributed by atoms with Crippen LogP contribution < -0.4 is 0 Å². The molecular formula is C36H42N6. The van der Waals surface area contributed by atoms with E-state index in [0.29, 0.717) is 11.6 Å². The van der Waals surface area contributed by atoms with Crippen molar-refractivity contribution in [1.29, 1.82) is 0 Å². The van der Waals surface area contributed by atoms with E-state index in [4.69, 9.17) is 9.97 Å². The van der Waals surface area contributed by atoms with Crippen LogP contribution in [-0.2, 0) is 0 Å². The maximum atomic E-state index is 4.73. The lowest BCUT2D eigenvalue weighted by atomic mass is 9.96. The molecule has 0 aliphatic heterocycles. The van der Waals surface area contributed by atoms with E-state index in [0.717, 1.165) is 33.6 Å². The Morgan fingerprint density at radius 2 is 1.14 bits per heavy atom. The first-order valence-electron chi connectivity index (χ1n) is 14.9. The number of benzene rings is 2. The molecule has 0 saturated carbocycles. The summed E-state index contributed by atoms with van der Waals surface area (Å²) in [5.74, 6) is 1.55. The number of pyridine rings is 2. The van der Waals surface area contributed by atoms with E-state index < -0.39 is 0 Å². The second kappa shape index (κ2) is 15.8. The number of hydrogen-bond acceptors (Lipinski definition) is 4. The van der Waals surface area contributed by atoms with Crippen LogP contribution in [-0.4, -0.2) is 29.2 Å². The van der Waals surface area contributed by atoms with Crippen LogP contribution in [0.4, 0.5) is 0 Å². The molecule has 0 aliphatic carbocycles. The quantitative estimate of drug-likeness (QED) is 0.191. The van der Waals surface area contributed by atoms with Gasteiger partial charge < -0.3 is 0 Å². The fraction of sp³-hybridized carbons (Fsp3) is 0.222. The minimum atomic E-state index is 0.269. The molecule has 4 aromatic heterocycles. The van der Waals surface area contributed by atoms with Gasteiger partial charge in [-0.25, -0.2) is 19.0 Å². The van der Waals surface area contributed by atoms with E-state index in [2.05, 4.69) is 72.3 Å². The highest BCUT2D eigenvalue weighted by Gasteiger charge is 2.14. The van der Waals surface area contributed by atoms with E-state index in [1.54, 1.807) is 9.03 Å². The van der Waals surface area contributed by atoms with Crippen molar-refractivity contribution in [3.63, 3.8) is 0 Å². The van der Waals surface area contributed by atoms with Crippen molar-refractivity contribution >= 4 is 16.9 Å². The number of nitrogens with zero attached hydrogens (tertiary/aromatic N) is 6. The number of aromatic nitrogens is 6. The Morgan fingerprint density at radius 1 is 0.667 bits per heavy atom. The monoisotopic (exact) mass is 558 g/mol. The van der Waals surface area contributed by atoms with E-state index in [1.807, 2.05) is 102 Å². The fourth-order valence-electron chi connectivity index (χ4n) is 4.20. The molecule has 0 N–H and O–H groups in total. The summed E-state index contributed by atoms with van der Waals surface area (Å²) in [6.45, 7) is 18.5. The van der Waals surface area contributed by atoms with E-state index in [1.165, 1.54) is 5.56 Å². The summed E-state index contributed by atoms with van der Waals surface area (Å²) in [7, 11) is 0. The SMILES string of the molecule is C=C(/C=C\C(C)c1ccccc1)c1cc(-c2nc3ccccn3n2)cc(-c2nc3ccccn3n2)c1.CC.CC.CC. The highest BCUT2D eigenvalue weighted by atomic mass is 15.3. The van der Waals surface area contributed by atoms with Gasteiger partial charge in [-0.1, -0.05) is 110 Å². The second-order valence-corrected chi connectivity index (χ2v) is 8.76. The van der Waals surface area contributed by atoms with Crippen LogP contribution in [0.3, 0.4) is 0 Å². The van der Waals surface area contributed by atoms with Crippen LogP contribution >= 0.6 is 0 Å². The first-order chi connectivity index (χ1) is 20.6. The molecule has 0 spiro atoms. The number of rotatable bonds is 6. The average Bonchev–Trinajstić information content (AvgIpc) is 3.71. The maximum Gasteiger partial charge on any atom is 0.182 e. The molecule has 1 atom stereocenters. The van der Waals surface area contributed by atoms with Crippen molar-refractivity contribution in [3.05, 3.63) is 127 Å². The van der Waals surface area contributed by atoms with Gasteiger partial charge in [0.2, 0.25) is 0 Å². The van der Waals surface area contributed by atoms with Gasteiger partial charge >= 0.3 is 0 Å². The van der Waals surface area contributed by atoms with Crippen LogP contribution in [0.15, 0.2) is 116 Å². The molecule has 0 aliphatic rings. The summed E-state index contributed by atoms with van der Waals surface area (Å²) in [6.07, 6.45) is 8.05. The first kappa shape index (κ1) is 31.7. The van der Waals surface area contributed by atoms with Gasteiger partial charge in [0.25, 0.3) is 0 Å². The van der Waals surface area contributed by atoms with Gasteiger partial charge in [0, 0.05) is 23.5 Å². The molecule has 2 aromatic carbocycles. The summed E-state index contributed by atoms with van der Waals surface area (Å²) < 4.78 is 3.56. The lowest BCUT2D eigenvalue weighted by Crippen LogP contribution is -1.92. The highest BCUT2D eigenvalue weighted by Crippen LogP contribution is 2.29. The zero-order valence-corrected chi connectivity index (χ0v) is 25.9. The molecule has 6 nitrogen and oxygen atoms in total. The minimum Gasteiger partial charge on any atom is -0.221 e. The largest absolute Gasteiger partial charge is 0.221 e. The van der Waals surface area contributed by atoms with Crippen LogP contribution in [0.5, 0.6) is 0 Å². The van der Waals surface area contributed by atoms with E-state index in [-0.39, 0.29) is 5.92 Å². The third kappa shape index (κ3) is 7.46. The molecule has 42 heavy (non-hydrogen) atoms. The Kier molecular flexibility index (Phi) is 11.9. The molecule has 0 saturated heterocycles. The first-order valence-corrected chi connectivity index (χ1v) is 14.9. The lowest BCUT2D eigenvalue weighted by molar-refractivity contribution is 0.963. The van der Waals surface area contributed by atoms with Crippen molar-refractivity contribution in [3.8, 4) is 22.8 Å². The van der Waals surface area contributed by atoms with Gasteiger partial charge in [-0.3, -0.25) is 0 Å². The Hall–Kier alpha value is -4.84. The van der Waals surface area contributed by atoms with Gasteiger partial charge in [-0.15, -0.1) is 10.2 Å². The maximum absolute atomic E-state index is 4.73. The zero-order valence-electron chi connectivity index (χ0n) is 25.9. The summed E-state index contributed by atoms with van der Waals surface area (Å²) in [5.41, 5.74) is 6.48. The van der Waals surface area contributed by atoms with Gasteiger partial charge in [0.15, 0.2) is 22.9 Å². The highest BCUT2D eigenvalue weighted by molar-refractivity contribution is 5.80. The number of fused-ring (bicyclic) bond motifs is 2. The van der Waals surface area contributed by atoms with Crippen LogP contribution in [0.2, 0.25) is 0 Å². The van der Waals surface area contributed by atoms with Crippen LogP contribution in [0.1, 0.15) is 65.5 Å². The van der Waals surface area contributed by atoms with Gasteiger partial charge in [-0.2, -0.15) is 0 Å². The molecule has 4 heterocycles. The van der Waals surface area contributed by atoms with Gasteiger partial charge in [-0.05, 0) is 65.1 Å². The molecule has 0 radical (unpaired) electrons. The second-order valence-electron chi connectivity index (χ2n) is 8.76. The molecule has 0 fully saturated rings. The van der Waals surface area contributed by atoms with E-state index in [9.17, 15) is 0 Å². The zero-order chi connectivity index (χ0) is 30.5. The molecule has 1 unspecified atom stereocenters. The van der Waals surface area contributed by atoms with E-state index >= 15 is 0 Å². The predicted octanol–water partition coefficient (Wildman–Crippen LogP) is 9.56. The Balaban J connectivity index is 0.000000760. The van der Waals surface area contributed by atoms with Crippen molar-refractivity contribution in [2.24, 2.45) is 0 Å². The Labute approximate surface area is 250 Å². The topological polar surface area (TPSA) is 60.4 Å². The van der Waals surface area contributed by atoms with Crippen molar-refractivity contribution in [1.82, 2.24) is 29.2 Å². The molecule has 0 amide bonds. The fourth-order valence-corrected chi connectivity index (χ4v) is 4.20. The van der Waals surface area contributed by atoms with Crippen molar-refractivity contribution < 1.29 is 0 Å². The van der Waals surface area contributed by atoms with Crippen molar-refractivity contribution in [2.45, 2.75) is 54.4 Å². The van der Waals surface area contributed by atoms with Crippen LogP contribution in [0.25, 0.3) is 39.6 Å². The third-order valence-corrected chi connectivity index (χ3v) is 6.21. The molecular weight excluding hydrogens is 516 g/mol. The van der Waals surface area contributed by atoms with Gasteiger partial charge in [0.1, 0.15) is 0 Å². The summed E-state index contributed by atoms with van der Waals surface area (Å²) in [4.78, 5) is 9.47. The van der Waals surface area contributed by atoms with Crippen LogP contribution in [0, 0.1) is 0 Å². The predicted molar refractivity (Wildman–Crippen MR) is 177 cm³/mol. The summed E-state index contributed by atoms with van der Waals surface area (Å²) in [6, 6.07) is 28.3. The standard InChI is InChI=1S/C30H24N6.3C2H6/c1-21(23-10-4-3-5-11-23)14-15-22(2)24-18-25(29-31-27-12-6-8-16-35(27)33-29)20-26(19-24)30-32-28-13-7-9-17-36(28)34-30;3*1-2/h3-21H,2H2,1H3;3*1-2H3/b15-14-;;;. The smallest absolute Gasteiger partial charge is 0.182 e. The number of allylic oxidation sites excluding steroid dienone is 3. The van der Waals surface area contributed by atoms with Gasteiger partial charge in [0.05, 0.1) is 0 Å². The average molecular weight is 559 g/mol. The molecule has 6 heteroatoms. The lowest BCUT2D eigenvalue weighted by Gasteiger charge is -2.09. The number of hydrogen-bond donors (Lipinski definition) is 0. The molecule has 6 aromatic rings. The Morgan fingerprint density at radius 3 is 1.62 bits per heavy atom. The summed E-state index contributed by atoms with van der Waals surface area (Å²) >= 11 is 0. The normalized spacial score (nSPS) is 11.1. The third-order valence-electron chi connectivity index (χ3n) is 6.21. The van der Waals surface area contributed by atoms with Crippen molar-refractivity contribution in [2.75, 3.05) is 0 Å². The molecule has 216 valence electrons. The summed E-state index contributed by atoms with van der Waals surface area (Å²) in [5, 5.41) is 9.37. The Bertz CT molecular complexity index is 1570. The molecule has 0 bridgehead atoms.